The molecule has 0 aliphatic rings. The number of thiazole rings is 1. The maximum Gasteiger partial charge on any atom is 0.180 e. The third kappa shape index (κ3) is 3.87. The van der Waals surface area contributed by atoms with Crippen LogP contribution in [0, 0.1) is 0 Å². The van der Waals surface area contributed by atoms with Gasteiger partial charge in [-0.05, 0) is 31.0 Å². The van der Waals surface area contributed by atoms with Crippen molar-refractivity contribution in [2.75, 3.05) is 18.9 Å². The zero-order valence-corrected chi connectivity index (χ0v) is 12.7. The fraction of sp³-hybridized carbons (Fsp3) is 0.400. The van der Waals surface area contributed by atoms with Crippen LogP contribution >= 0.6 is 11.3 Å². The smallest absolute Gasteiger partial charge is 0.180 e. The molecule has 0 unspecified atom stereocenters. The monoisotopic (exact) mass is 292 g/mol. The van der Waals surface area contributed by atoms with E-state index in [1.54, 1.807) is 0 Å². The summed E-state index contributed by atoms with van der Waals surface area (Å²) in [4.78, 5) is 4.28. The van der Waals surface area contributed by atoms with E-state index < -0.39 is 0 Å². The van der Waals surface area contributed by atoms with Crippen LogP contribution in [0.5, 0.6) is 11.5 Å². The van der Waals surface area contributed by atoms with Gasteiger partial charge in [-0.1, -0.05) is 13.0 Å². The minimum absolute atomic E-state index is 0.605. The fourth-order valence-electron chi connectivity index (χ4n) is 1.87. The molecule has 0 bridgehead atoms. The average molecular weight is 292 g/mol. The Kier molecular flexibility index (Phi) is 5.24. The number of aromatic nitrogens is 1. The van der Waals surface area contributed by atoms with Crippen LogP contribution in [0.3, 0.4) is 0 Å². The highest BCUT2D eigenvalue weighted by atomic mass is 32.1. The van der Waals surface area contributed by atoms with E-state index in [1.807, 2.05) is 30.5 Å². The summed E-state index contributed by atoms with van der Waals surface area (Å²) >= 11 is 1.46. The molecular formula is C15H20N2O2S. The normalized spacial score (nSPS) is 10.5. The van der Waals surface area contributed by atoms with Crippen molar-refractivity contribution in [1.82, 2.24) is 4.98 Å². The van der Waals surface area contributed by atoms with Gasteiger partial charge in [-0.25, -0.2) is 4.98 Å². The molecule has 1 heterocycles. The van der Waals surface area contributed by atoms with E-state index in [0.717, 1.165) is 35.6 Å². The second kappa shape index (κ2) is 7.14. The number of nitrogen functional groups attached to an aromatic ring is 1. The molecule has 0 saturated heterocycles. The zero-order valence-electron chi connectivity index (χ0n) is 11.9. The second-order valence-corrected chi connectivity index (χ2v) is 5.31. The zero-order chi connectivity index (χ0) is 14.4. The van der Waals surface area contributed by atoms with Crippen LogP contribution in [-0.4, -0.2) is 18.2 Å². The Bertz CT molecular complexity index is 555. The predicted octanol–water partition coefficient (Wildman–Crippen LogP) is 3.50. The van der Waals surface area contributed by atoms with E-state index >= 15 is 0 Å². The van der Waals surface area contributed by atoms with Gasteiger partial charge >= 0.3 is 0 Å². The lowest BCUT2D eigenvalue weighted by atomic mass is 10.1. The van der Waals surface area contributed by atoms with Crippen molar-refractivity contribution in [1.29, 1.82) is 0 Å². The van der Waals surface area contributed by atoms with Crippen molar-refractivity contribution < 1.29 is 9.47 Å². The van der Waals surface area contributed by atoms with Crippen molar-refractivity contribution in [2.24, 2.45) is 0 Å². The van der Waals surface area contributed by atoms with Gasteiger partial charge in [0.05, 0.1) is 18.9 Å². The minimum Gasteiger partial charge on any atom is -0.490 e. The van der Waals surface area contributed by atoms with Crippen molar-refractivity contribution in [2.45, 2.75) is 26.7 Å². The summed E-state index contributed by atoms with van der Waals surface area (Å²) < 4.78 is 11.3. The number of hydrogen-bond donors (Lipinski definition) is 1. The lowest BCUT2D eigenvalue weighted by Crippen LogP contribution is -2.01. The molecule has 2 aromatic rings. The first-order valence-corrected chi connectivity index (χ1v) is 7.69. The first-order valence-electron chi connectivity index (χ1n) is 6.81. The van der Waals surface area contributed by atoms with Crippen molar-refractivity contribution in [3.63, 3.8) is 0 Å². The van der Waals surface area contributed by atoms with E-state index in [0.29, 0.717) is 18.3 Å². The Morgan fingerprint density at radius 2 is 2.05 bits per heavy atom. The Balaban J connectivity index is 2.15. The second-order valence-electron chi connectivity index (χ2n) is 4.42. The van der Waals surface area contributed by atoms with Crippen LogP contribution in [0.25, 0.3) is 0 Å². The molecule has 2 N–H and O–H groups in total. The number of nitrogens with two attached hydrogens (primary N) is 1. The summed E-state index contributed by atoms with van der Waals surface area (Å²) in [6.45, 7) is 5.37. The number of hydrogen-bond acceptors (Lipinski definition) is 5. The number of nitrogens with zero attached hydrogens (tertiary/aromatic N) is 1. The Morgan fingerprint density at radius 3 is 2.70 bits per heavy atom. The average Bonchev–Trinajstić information content (AvgIpc) is 2.84. The molecule has 20 heavy (non-hydrogen) atoms. The highest BCUT2D eigenvalue weighted by Gasteiger charge is 2.08. The van der Waals surface area contributed by atoms with Gasteiger partial charge in [0.15, 0.2) is 16.6 Å². The number of benzene rings is 1. The van der Waals surface area contributed by atoms with Gasteiger partial charge < -0.3 is 15.2 Å². The molecule has 0 spiro atoms. The number of ether oxygens (including phenoxy) is 2. The lowest BCUT2D eigenvalue weighted by Gasteiger charge is -2.12. The predicted molar refractivity (Wildman–Crippen MR) is 82.7 cm³/mol. The minimum atomic E-state index is 0.605. The molecule has 1 aromatic heterocycles. The van der Waals surface area contributed by atoms with Crippen LogP contribution in [0.1, 0.15) is 31.5 Å². The summed E-state index contributed by atoms with van der Waals surface area (Å²) in [5.74, 6) is 1.59. The quantitative estimate of drug-likeness (QED) is 0.848. The molecule has 0 aliphatic heterocycles. The van der Waals surface area contributed by atoms with Gasteiger partial charge in [-0.2, -0.15) is 0 Å². The topological polar surface area (TPSA) is 57.4 Å². The molecule has 0 radical (unpaired) electrons. The van der Waals surface area contributed by atoms with Gasteiger partial charge in [-0.15, -0.1) is 11.3 Å². The first-order chi connectivity index (χ1) is 9.72. The Labute approximate surface area is 123 Å². The largest absolute Gasteiger partial charge is 0.490 e. The molecule has 2 rings (SSSR count). The van der Waals surface area contributed by atoms with E-state index in [9.17, 15) is 0 Å². The molecule has 0 aliphatic carbocycles. The molecule has 4 nitrogen and oxygen atoms in total. The molecule has 108 valence electrons. The van der Waals surface area contributed by atoms with Crippen LogP contribution < -0.4 is 15.2 Å². The van der Waals surface area contributed by atoms with E-state index in [2.05, 4.69) is 11.9 Å². The maximum absolute atomic E-state index is 5.69. The van der Waals surface area contributed by atoms with Gasteiger partial charge in [-0.3, -0.25) is 0 Å². The summed E-state index contributed by atoms with van der Waals surface area (Å²) in [6.07, 6.45) is 1.73. The van der Waals surface area contributed by atoms with E-state index in [1.165, 1.54) is 11.3 Å². The highest BCUT2D eigenvalue weighted by Crippen LogP contribution is 2.29. The van der Waals surface area contributed by atoms with Crippen LogP contribution in [0.2, 0.25) is 0 Å². The van der Waals surface area contributed by atoms with Gasteiger partial charge in [0, 0.05) is 11.8 Å². The SMILES string of the molecule is CCCOc1ccc(Cc2csc(N)n2)cc1OCC. The summed E-state index contributed by atoms with van der Waals surface area (Å²) in [5.41, 5.74) is 7.78. The Hall–Kier alpha value is -1.75. The molecule has 0 saturated carbocycles. The molecule has 0 atom stereocenters. The van der Waals surface area contributed by atoms with Crippen LogP contribution in [0.15, 0.2) is 23.6 Å². The summed E-state index contributed by atoms with van der Waals surface area (Å²) in [6, 6.07) is 6.03. The van der Waals surface area contributed by atoms with E-state index in [-0.39, 0.29) is 0 Å². The van der Waals surface area contributed by atoms with Crippen molar-refractivity contribution in [3.05, 3.63) is 34.8 Å². The standard InChI is InChI=1S/C15H20N2O2S/c1-3-7-19-13-6-5-11(9-14(13)18-4-2)8-12-10-20-15(16)17-12/h5-6,9-10H,3-4,7-8H2,1-2H3,(H2,16,17). The summed E-state index contributed by atoms with van der Waals surface area (Å²) in [5, 5.41) is 2.59. The summed E-state index contributed by atoms with van der Waals surface area (Å²) in [7, 11) is 0. The van der Waals surface area contributed by atoms with Crippen LogP contribution in [0.4, 0.5) is 5.13 Å². The number of rotatable bonds is 7. The molecular weight excluding hydrogens is 272 g/mol. The maximum atomic E-state index is 5.69. The van der Waals surface area contributed by atoms with E-state index in [4.69, 9.17) is 15.2 Å². The van der Waals surface area contributed by atoms with Crippen molar-refractivity contribution in [3.8, 4) is 11.5 Å². The fourth-order valence-corrected chi connectivity index (χ4v) is 2.44. The molecule has 1 aromatic carbocycles. The third-order valence-electron chi connectivity index (χ3n) is 2.72. The molecule has 0 amide bonds. The van der Waals surface area contributed by atoms with Gasteiger partial charge in [0.2, 0.25) is 0 Å². The lowest BCUT2D eigenvalue weighted by molar-refractivity contribution is 0.276. The third-order valence-corrected chi connectivity index (χ3v) is 3.45. The molecule has 5 heteroatoms. The first kappa shape index (κ1) is 14.7. The Morgan fingerprint density at radius 1 is 1.20 bits per heavy atom. The van der Waals surface area contributed by atoms with Crippen LogP contribution in [-0.2, 0) is 6.42 Å². The van der Waals surface area contributed by atoms with Gasteiger partial charge in [0.25, 0.3) is 0 Å². The molecule has 0 fully saturated rings. The van der Waals surface area contributed by atoms with Gasteiger partial charge in [0.1, 0.15) is 0 Å². The van der Waals surface area contributed by atoms with Crippen molar-refractivity contribution >= 4 is 16.5 Å². The number of anilines is 1. The highest BCUT2D eigenvalue weighted by molar-refractivity contribution is 7.13.